The first-order chi connectivity index (χ1) is 9.17. The maximum absolute atomic E-state index is 6.86. The van der Waals surface area contributed by atoms with E-state index in [4.69, 9.17) is 11.3 Å². The van der Waals surface area contributed by atoms with Crippen molar-refractivity contribution < 1.29 is 4.74 Å². The number of rotatable bonds is 5. The van der Waals surface area contributed by atoms with Crippen molar-refractivity contribution in [3.05, 3.63) is 35.8 Å². The molecule has 0 saturated heterocycles. The van der Waals surface area contributed by atoms with Crippen molar-refractivity contribution >= 4 is 22.7 Å². The van der Waals surface area contributed by atoms with Crippen molar-refractivity contribution in [3.8, 4) is 5.75 Å². The number of ether oxygens (including phenoxy) is 1. The van der Waals surface area contributed by atoms with Crippen molar-refractivity contribution in [1.82, 2.24) is 4.57 Å². The SMILES string of the molecule is [C-]#[N+]CCSc1cn(C(C)C)c2ccc(OC)cc12. The molecule has 0 aliphatic rings. The van der Waals surface area contributed by atoms with E-state index >= 15 is 0 Å². The third-order valence-corrected chi connectivity index (χ3v) is 4.04. The summed E-state index contributed by atoms with van der Waals surface area (Å²) in [6.07, 6.45) is 2.18. The minimum Gasteiger partial charge on any atom is -0.497 e. The normalized spacial score (nSPS) is 10.9. The quantitative estimate of drug-likeness (QED) is 0.461. The summed E-state index contributed by atoms with van der Waals surface area (Å²) < 4.78 is 7.58. The number of hydrogen-bond donors (Lipinski definition) is 0. The monoisotopic (exact) mass is 274 g/mol. The zero-order valence-corrected chi connectivity index (χ0v) is 12.3. The fourth-order valence-corrected chi connectivity index (χ4v) is 2.98. The number of hydrogen-bond acceptors (Lipinski definition) is 2. The third kappa shape index (κ3) is 2.87. The predicted molar refractivity (Wildman–Crippen MR) is 81.1 cm³/mol. The second-order valence-electron chi connectivity index (χ2n) is 4.61. The highest BCUT2D eigenvalue weighted by molar-refractivity contribution is 7.99. The molecule has 0 spiro atoms. The lowest BCUT2D eigenvalue weighted by atomic mass is 10.2. The van der Waals surface area contributed by atoms with Crippen LogP contribution in [0.25, 0.3) is 15.7 Å². The smallest absolute Gasteiger partial charge is 0.223 e. The summed E-state index contributed by atoms with van der Waals surface area (Å²) in [4.78, 5) is 4.63. The molecule has 19 heavy (non-hydrogen) atoms. The van der Waals surface area contributed by atoms with Crippen LogP contribution in [0.1, 0.15) is 19.9 Å². The van der Waals surface area contributed by atoms with Crippen LogP contribution in [0.5, 0.6) is 5.75 Å². The first kappa shape index (κ1) is 13.8. The zero-order chi connectivity index (χ0) is 13.8. The van der Waals surface area contributed by atoms with E-state index in [-0.39, 0.29) is 0 Å². The molecule has 2 rings (SSSR count). The van der Waals surface area contributed by atoms with Gasteiger partial charge in [0.25, 0.3) is 0 Å². The van der Waals surface area contributed by atoms with E-state index < -0.39 is 0 Å². The molecule has 0 bridgehead atoms. The van der Waals surface area contributed by atoms with E-state index in [1.165, 1.54) is 15.8 Å². The zero-order valence-electron chi connectivity index (χ0n) is 11.5. The van der Waals surface area contributed by atoms with E-state index in [0.717, 1.165) is 11.5 Å². The summed E-state index contributed by atoms with van der Waals surface area (Å²) in [6.45, 7) is 11.8. The third-order valence-electron chi connectivity index (χ3n) is 3.02. The van der Waals surface area contributed by atoms with E-state index in [2.05, 4.69) is 41.6 Å². The fourth-order valence-electron chi connectivity index (χ4n) is 2.07. The van der Waals surface area contributed by atoms with Gasteiger partial charge in [0.05, 0.1) is 12.9 Å². The Morgan fingerprint density at radius 3 is 2.84 bits per heavy atom. The van der Waals surface area contributed by atoms with Crippen LogP contribution in [0.3, 0.4) is 0 Å². The topological polar surface area (TPSA) is 18.5 Å². The molecular formula is C15H18N2OS. The molecule has 0 amide bonds. The van der Waals surface area contributed by atoms with Gasteiger partial charge in [-0.15, -0.1) is 11.8 Å². The number of thioether (sulfide) groups is 1. The molecule has 1 aromatic carbocycles. The molecule has 0 aliphatic carbocycles. The van der Waals surface area contributed by atoms with E-state index in [1.807, 2.05) is 6.07 Å². The Morgan fingerprint density at radius 1 is 1.42 bits per heavy atom. The van der Waals surface area contributed by atoms with Gasteiger partial charge in [-0.3, -0.25) is 0 Å². The molecule has 1 aromatic heterocycles. The average molecular weight is 274 g/mol. The lowest BCUT2D eigenvalue weighted by Crippen LogP contribution is -1.97. The first-order valence-electron chi connectivity index (χ1n) is 6.32. The summed E-state index contributed by atoms with van der Waals surface area (Å²) in [5.41, 5.74) is 1.22. The molecule has 0 atom stereocenters. The lowest BCUT2D eigenvalue weighted by molar-refractivity contribution is 0.415. The van der Waals surface area contributed by atoms with Gasteiger partial charge in [-0.1, -0.05) is 0 Å². The van der Waals surface area contributed by atoms with E-state index in [0.29, 0.717) is 12.6 Å². The van der Waals surface area contributed by atoms with E-state index in [9.17, 15) is 0 Å². The molecule has 0 aliphatic heterocycles. The van der Waals surface area contributed by atoms with Crippen LogP contribution in [0.15, 0.2) is 29.3 Å². The summed E-state index contributed by atoms with van der Waals surface area (Å²) in [6, 6.07) is 6.60. The Labute approximate surface area is 118 Å². The largest absolute Gasteiger partial charge is 0.497 e. The number of methoxy groups -OCH3 is 1. The molecule has 0 N–H and O–H groups in total. The van der Waals surface area contributed by atoms with Crippen LogP contribution in [0.4, 0.5) is 0 Å². The van der Waals surface area contributed by atoms with Gasteiger partial charge in [0.1, 0.15) is 5.75 Å². The molecule has 0 fully saturated rings. The second-order valence-corrected chi connectivity index (χ2v) is 5.74. The Morgan fingerprint density at radius 2 is 2.21 bits per heavy atom. The van der Waals surface area contributed by atoms with Gasteiger partial charge in [-0.2, -0.15) is 0 Å². The highest BCUT2D eigenvalue weighted by atomic mass is 32.2. The van der Waals surface area contributed by atoms with Gasteiger partial charge < -0.3 is 14.1 Å². The molecule has 2 aromatic rings. The molecule has 4 heteroatoms. The van der Waals surface area contributed by atoms with Crippen molar-refractivity contribution in [3.63, 3.8) is 0 Å². The molecule has 0 unspecified atom stereocenters. The molecule has 3 nitrogen and oxygen atoms in total. The predicted octanol–water partition coefficient (Wildman–Crippen LogP) is 4.24. The Kier molecular flexibility index (Phi) is 4.39. The Bertz CT molecular complexity index is 610. The Balaban J connectivity index is 2.46. The summed E-state index contributed by atoms with van der Waals surface area (Å²) in [5, 5.41) is 1.21. The average Bonchev–Trinajstić information content (AvgIpc) is 2.77. The molecule has 100 valence electrons. The van der Waals surface area contributed by atoms with Gasteiger partial charge in [-0.25, -0.2) is 6.57 Å². The van der Waals surface area contributed by atoms with Crippen LogP contribution >= 0.6 is 11.8 Å². The van der Waals surface area contributed by atoms with Crippen molar-refractivity contribution in [2.45, 2.75) is 24.8 Å². The van der Waals surface area contributed by atoms with Gasteiger partial charge in [0, 0.05) is 28.0 Å². The van der Waals surface area contributed by atoms with Gasteiger partial charge in [-0.05, 0) is 32.0 Å². The molecule has 0 saturated carbocycles. The maximum Gasteiger partial charge on any atom is 0.223 e. The lowest BCUT2D eigenvalue weighted by Gasteiger charge is -2.09. The minimum atomic E-state index is 0.422. The summed E-state index contributed by atoms with van der Waals surface area (Å²) in [5.74, 6) is 1.71. The van der Waals surface area contributed by atoms with Crippen LogP contribution in [0.2, 0.25) is 0 Å². The van der Waals surface area contributed by atoms with Crippen LogP contribution in [0, 0.1) is 6.57 Å². The highest BCUT2D eigenvalue weighted by Gasteiger charge is 2.12. The minimum absolute atomic E-state index is 0.422. The van der Waals surface area contributed by atoms with Gasteiger partial charge >= 0.3 is 0 Å². The van der Waals surface area contributed by atoms with Crippen molar-refractivity contribution in [1.29, 1.82) is 0 Å². The molecular weight excluding hydrogens is 256 g/mol. The van der Waals surface area contributed by atoms with Crippen LogP contribution in [-0.4, -0.2) is 24.0 Å². The summed E-state index contributed by atoms with van der Waals surface area (Å²) >= 11 is 1.74. The summed E-state index contributed by atoms with van der Waals surface area (Å²) in [7, 11) is 1.69. The number of benzene rings is 1. The second kappa shape index (κ2) is 6.03. The fraction of sp³-hybridized carbons (Fsp3) is 0.400. The Hall–Kier alpha value is -1.60. The molecule has 1 heterocycles. The molecule has 0 radical (unpaired) electrons. The van der Waals surface area contributed by atoms with Crippen LogP contribution in [-0.2, 0) is 0 Å². The van der Waals surface area contributed by atoms with Gasteiger partial charge in [0.2, 0.25) is 6.54 Å². The number of aromatic nitrogens is 1. The maximum atomic E-state index is 6.86. The van der Waals surface area contributed by atoms with E-state index in [1.54, 1.807) is 18.9 Å². The highest BCUT2D eigenvalue weighted by Crippen LogP contribution is 2.34. The number of nitrogens with zero attached hydrogens (tertiary/aromatic N) is 2. The van der Waals surface area contributed by atoms with Crippen LogP contribution < -0.4 is 4.74 Å². The first-order valence-corrected chi connectivity index (χ1v) is 7.30. The van der Waals surface area contributed by atoms with Crippen molar-refractivity contribution in [2.75, 3.05) is 19.4 Å². The standard InChI is InChI=1S/C15H18N2OS/c1-11(2)17-10-15(19-8-7-16-3)13-9-12(18-4)5-6-14(13)17/h5-6,9-11H,7-8H2,1-2,4H3. The number of fused-ring (bicyclic) bond motifs is 1. The van der Waals surface area contributed by atoms with Gasteiger partial charge in [0.15, 0.2) is 0 Å². The van der Waals surface area contributed by atoms with Crippen molar-refractivity contribution in [2.24, 2.45) is 0 Å².